The van der Waals surface area contributed by atoms with Crippen LogP contribution in [0.25, 0.3) is 0 Å². The van der Waals surface area contributed by atoms with E-state index in [-0.39, 0.29) is 41.9 Å². The Morgan fingerprint density at radius 2 is 1.69 bits per heavy atom. The SMILES string of the molecule is CC(=O)CC(=O)c1ccccc1.[Sn]. The normalized spacial score (nSPS) is 8.69. The molecule has 0 heterocycles. The minimum Gasteiger partial charge on any atom is -0.300 e. The third-order valence-electron chi connectivity index (χ3n) is 1.51. The van der Waals surface area contributed by atoms with Crippen molar-refractivity contribution in [2.45, 2.75) is 13.3 Å². The van der Waals surface area contributed by atoms with Crippen molar-refractivity contribution >= 4 is 35.5 Å². The molecule has 0 saturated heterocycles. The van der Waals surface area contributed by atoms with E-state index in [0.717, 1.165) is 0 Å². The summed E-state index contributed by atoms with van der Waals surface area (Å²) in [7, 11) is 0. The van der Waals surface area contributed by atoms with Gasteiger partial charge in [0.25, 0.3) is 0 Å². The molecule has 0 amide bonds. The van der Waals surface area contributed by atoms with Gasteiger partial charge in [-0.05, 0) is 6.92 Å². The van der Waals surface area contributed by atoms with E-state index >= 15 is 0 Å². The number of hydrogen-bond donors (Lipinski definition) is 0. The Bertz CT molecular complexity index is 293. The van der Waals surface area contributed by atoms with Crippen LogP contribution in [0.4, 0.5) is 0 Å². The van der Waals surface area contributed by atoms with Crippen molar-refractivity contribution in [2.24, 2.45) is 0 Å². The molecule has 0 atom stereocenters. The average molecular weight is 281 g/mol. The molecule has 0 aliphatic heterocycles. The molecule has 0 unspecified atom stereocenters. The Kier molecular flexibility index (Phi) is 5.62. The summed E-state index contributed by atoms with van der Waals surface area (Å²) >= 11 is 0. The van der Waals surface area contributed by atoms with Gasteiger partial charge in [-0.1, -0.05) is 30.3 Å². The van der Waals surface area contributed by atoms with E-state index in [0.29, 0.717) is 5.56 Å². The number of ketones is 2. The van der Waals surface area contributed by atoms with E-state index < -0.39 is 0 Å². The molecule has 66 valence electrons. The monoisotopic (exact) mass is 282 g/mol. The standard InChI is InChI=1S/C10H10O2.Sn/c1-8(11)7-10(12)9-5-3-2-4-6-9;/h2-6H,7H2,1H3;. The zero-order chi connectivity index (χ0) is 8.97. The van der Waals surface area contributed by atoms with E-state index in [1.807, 2.05) is 6.07 Å². The molecular formula is C10H10O2Sn. The Balaban J connectivity index is 0.00000144. The van der Waals surface area contributed by atoms with E-state index in [2.05, 4.69) is 0 Å². The van der Waals surface area contributed by atoms with Gasteiger partial charge in [0.1, 0.15) is 5.78 Å². The van der Waals surface area contributed by atoms with Crippen molar-refractivity contribution < 1.29 is 9.59 Å². The van der Waals surface area contributed by atoms with Crippen molar-refractivity contribution in [1.29, 1.82) is 0 Å². The minimum atomic E-state index is -0.108. The van der Waals surface area contributed by atoms with Crippen LogP contribution in [0.5, 0.6) is 0 Å². The van der Waals surface area contributed by atoms with Gasteiger partial charge < -0.3 is 0 Å². The predicted molar refractivity (Wildman–Crippen MR) is 51.8 cm³/mol. The number of rotatable bonds is 3. The molecule has 0 bridgehead atoms. The molecule has 0 aliphatic carbocycles. The van der Waals surface area contributed by atoms with Gasteiger partial charge in [0.2, 0.25) is 0 Å². The second-order valence-corrected chi connectivity index (χ2v) is 2.67. The first kappa shape index (κ1) is 12.4. The molecule has 0 aliphatic rings. The topological polar surface area (TPSA) is 34.1 Å². The third-order valence-corrected chi connectivity index (χ3v) is 1.51. The van der Waals surface area contributed by atoms with Crippen molar-refractivity contribution in [1.82, 2.24) is 0 Å². The van der Waals surface area contributed by atoms with Gasteiger partial charge in [0.05, 0.1) is 6.42 Å². The molecule has 0 saturated carbocycles. The summed E-state index contributed by atoms with van der Waals surface area (Å²) in [6.07, 6.45) is 0.00398. The molecular weight excluding hydrogens is 271 g/mol. The maximum Gasteiger partial charge on any atom is 0.170 e. The number of benzene rings is 1. The second kappa shape index (κ2) is 5.91. The molecule has 3 heteroatoms. The average Bonchev–Trinajstić information content (AvgIpc) is 2.05. The summed E-state index contributed by atoms with van der Waals surface area (Å²) in [4.78, 5) is 21.8. The summed E-state index contributed by atoms with van der Waals surface area (Å²) < 4.78 is 0. The van der Waals surface area contributed by atoms with Crippen LogP contribution in [0.3, 0.4) is 0 Å². The summed E-state index contributed by atoms with van der Waals surface area (Å²) in [5.74, 6) is -0.202. The first-order valence-corrected chi connectivity index (χ1v) is 3.78. The van der Waals surface area contributed by atoms with Gasteiger partial charge in [-0.25, -0.2) is 0 Å². The number of Topliss-reactive ketones (excluding diaryl/α,β-unsaturated/α-hetero) is 2. The van der Waals surface area contributed by atoms with Gasteiger partial charge in [0, 0.05) is 29.5 Å². The minimum absolute atomic E-state index is 0. The fourth-order valence-corrected chi connectivity index (χ4v) is 0.952. The summed E-state index contributed by atoms with van der Waals surface area (Å²) in [5, 5.41) is 0. The zero-order valence-electron chi connectivity index (χ0n) is 7.41. The van der Waals surface area contributed by atoms with Crippen LogP contribution in [0.15, 0.2) is 30.3 Å². The van der Waals surface area contributed by atoms with Gasteiger partial charge in [-0.2, -0.15) is 0 Å². The zero-order valence-corrected chi connectivity index (χ0v) is 10.3. The third kappa shape index (κ3) is 4.22. The number of hydrogen-bond acceptors (Lipinski definition) is 2. The molecule has 1 aromatic carbocycles. The first-order chi connectivity index (χ1) is 5.70. The van der Waals surface area contributed by atoms with Crippen LogP contribution in [0.2, 0.25) is 0 Å². The van der Waals surface area contributed by atoms with Crippen molar-refractivity contribution in [3.63, 3.8) is 0 Å². The van der Waals surface area contributed by atoms with Crippen LogP contribution >= 0.6 is 0 Å². The summed E-state index contributed by atoms with van der Waals surface area (Å²) in [6.45, 7) is 1.42. The number of carbonyl (C=O) groups excluding carboxylic acids is 2. The van der Waals surface area contributed by atoms with Gasteiger partial charge in [-0.3, -0.25) is 9.59 Å². The molecule has 13 heavy (non-hydrogen) atoms. The number of carbonyl (C=O) groups is 2. The fraction of sp³-hybridized carbons (Fsp3) is 0.200. The summed E-state index contributed by atoms with van der Waals surface area (Å²) in [5.41, 5.74) is 0.604. The molecule has 1 rings (SSSR count). The van der Waals surface area contributed by atoms with Crippen LogP contribution < -0.4 is 0 Å². The fourth-order valence-electron chi connectivity index (χ4n) is 0.952. The largest absolute Gasteiger partial charge is 0.300 e. The van der Waals surface area contributed by atoms with E-state index in [1.54, 1.807) is 24.3 Å². The van der Waals surface area contributed by atoms with Crippen LogP contribution in [0, 0.1) is 0 Å². The van der Waals surface area contributed by atoms with Gasteiger partial charge in [0.15, 0.2) is 5.78 Å². The van der Waals surface area contributed by atoms with Crippen molar-refractivity contribution in [3.8, 4) is 0 Å². The molecule has 0 fully saturated rings. The van der Waals surface area contributed by atoms with Crippen LogP contribution in [-0.2, 0) is 4.79 Å². The maximum absolute atomic E-state index is 11.2. The molecule has 2 nitrogen and oxygen atoms in total. The molecule has 0 aromatic heterocycles. The Hall–Kier alpha value is -0.641. The molecule has 4 radical (unpaired) electrons. The predicted octanol–water partition coefficient (Wildman–Crippen LogP) is 1.47. The van der Waals surface area contributed by atoms with Crippen LogP contribution in [-0.4, -0.2) is 35.5 Å². The molecule has 0 N–H and O–H groups in total. The summed E-state index contributed by atoms with van der Waals surface area (Å²) in [6, 6.07) is 8.84. The quantitative estimate of drug-likeness (QED) is 0.477. The van der Waals surface area contributed by atoms with Gasteiger partial charge in [-0.15, -0.1) is 0 Å². The Labute approximate surface area is 94.3 Å². The molecule has 1 aromatic rings. The van der Waals surface area contributed by atoms with E-state index in [4.69, 9.17) is 0 Å². The maximum atomic E-state index is 11.2. The van der Waals surface area contributed by atoms with Crippen LogP contribution in [0.1, 0.15) is 23.7 Å². The van der Waals surface area contributed by atoms with Gasteiger partial charge >= 0.3 is 0 Å². The van der Waals surface area contributed by atoms with E-state index in [9.17, 15) is 9.59 Å². The Morgan fingerprint density at radius 3 is 2.15 bits per heavy atom. The first-order valence-electron chi connectivity index (χ1n) is 3.78. The Morgan fingerprint density at radius 1 is 1.15 bits per heavy atom. The molecule has 0 spiro atoms. The second-order valence-electron chi connectivity index (χ2n) is 2.67. The van der Waals surface area contributed by atoms with E-state index in [1.165, 1.54) is 6.92 Å². The smallest absolute Gasteiger partial charge is 0.170 e. The van der Waals surface area contributed by atoms with Crippen molar-refractivity contribution in [3.05, 3.63) is 35.9 Å². The van der Waals surface area contributed by atoms with Crippen molar-refractivity contribution in [2.75, 3.05) is 0 Å².